The van der Waals surface area contributed by atoms with Crippen molar-refractivity contribution < 1.29 is 0 Å². The van der Waals surface area contributed by atoms with Crippen LogP contribution in [0.2, 0.25) is 5.02 Å². The summed E-state index contributed by atoms with van der Waals surface area (Å²) >= 11 is 7.62. The Morgan fingerprint density at radius 2 is 1.97 bits per heavy atom. The van der Waals surface area contributed by atoms with Crippen molar-refractivity contribution in [2.24, 2.45) is 11.1 Å². The average molecular weight is 430 g/mol. The smallest absolute Gasteiger partial charge is 0.147 e. The maximum Gasteiger partial charge on any atom is 0.147 e. The van der Waals surface area contributed by atoms with E-state index in [0.717, 1.165) is 53.9 Å². The lowest BCUT2D eigenvalue weighted by Crippen LogP contribution is -2.45. The summed E-state index contributed by atoms with van der Waals surface area (Å²) in [5, 5.41) is 9.32. The van der Waals surface area contributed by atoms with Crippen LogP contribution in [-0.4, -0.2) is 43.0 Å². The highest BCUT2D eigenvalue weighted by molar-refractivity contribution is 7.99. The molecular weight excluding hydrogens is 410 g/mol. The van der Waals surface area contributed by atoms with E-state index >= 15 is 0 Å². The molecular formula is C18H20ClN9S. The van der Waals surface area contributed by atoms with E-state index in [9.17, 15) is 0 Å². The maximum absolute atomic E-state index is 6.53. The lowest BCUT2D eigenvalue weighted by Gasteiger charge is -2.41. The number of rotatable bonds is 3. The van der Waals surface area contributed by atoms with Gasteiger partial charge in [0.1, 0.15) is 16.7 Å². The third kappa shape index (κ3) is 3.21. The lowest BCUT2D eigenvalue weighted by atomic mass is 9.74. The fourth-order valence-electron chi connectivity index (χ4n) is 4.15. The first-order chi connectivity index (χ1) is 14.1. The van der Waals surface area contributed by atoms with E-state index < -0.39 is 0 Å². The third-order valence-corrected chi connectivity index (χ3v) is 7.37. The predicted octanol–water partition coefficient (Wildman–Crippen LogP) is 2.15. The number of anilines is 2. The number of pyridine rings is 1. The van der Waals surface area contributed by atoms with Gasteiger partial charge in [-0.05, 0) is 18.9 Å². The lowest BCUT2D eigenvalue weighted by molar-refractivity contribution is 0.169. The monoisotopic (exact) mass is 429 g/mol. The fourth-order valence-corrected chi connectivity index (χ4v) is 5.13. The predicted molar refractivity (Wildman–Crippen MR) is 111 cm³/mol. The number of halogens is 1. The molecule has 11 heteroatoms. The number of hydrogen-bond acceptors (Lipinski definition) is 9. The number of hydrogen-bond donors (Lipinski definition) is 2. The van der Waals surface area contributed by atoms with Crippen LogP contribution in [0.5, 0.6) is 0 Å². The second kappa shape index (κ2) is 7.12. The molecule has 0 unspecified atom stereocenters. The van der Waals surface area contributed by atoms with Gasteiger partial charge < -0.3 is 16.4 Å². The Labute approximate surface area is 176 Å². The van der Waals surface area contributed by atoms with Crippen LogP contribution in [0.4, 0.5) is 11.6 Å². The first-order valence-electron chi connectivity index (χ1n) is 9.34. The molecule has 0 aliphatic carbocycles. The van der Waals surface area contributed by atoms with Gasteiger partial charge >= 0.3 is 0 Å². The first-order valence-corrected chi connectivity index (χ1v) is 10.5. The summed E-state index contributed by atoms with van der Waals surface area (Å²) in [7, 11) is 0. The van der Waals surface area contributed by atoms with Crippen LogP contribution in [0.15, 0.2) is 40.8 Å². The van der Waals surface area contributed by atoms with Gasteiger partial charge in [-0.1, -0.05) is 28.6 Å². The summed E-state index contributed by atoms with van der Waals surface area (Å²) in [6.07, 6.45) is 8.96. The van der Waals surface area contributed by atoms with Gasteiger partial charge in [0.05, 0.1) is 41.9 Å². The van der Waals surface area contributed by atoms with Crippen molar-refractivity contribution in [3.63, 3.8) is 0 Å². The van der Waals surface area contributed by atoms with Crippen LogP contribution in [0.3, 0.4) is 0 Å². The van der Waals surface area contributed by atoms with Crippen LogP contribution >= 0.6 is 23.4 Å². The van der Waals surface area contributed by atoms with Gasteiger partial charge in [0.25, 0.3) is 0 Å². The van der Waals surface area contributed by atoms with E-state index in [1.807, 2.05) is 16.9 Å². The number of nitrogen functional groups attached to an aromatic ring is 1. The number of nitrogens with zero attached hydrogens (tertiary/aromatic N) is 7. The quantitative estimate of drug-likeness (QED) is 0.643. The zero-order chi connectivity index (χ0) is 20.0. The summed E-state index contributed by atoms with van der Waals surface area (Å²) in [6.45, 7) is 2.62. The molecule has 1 fully saturated rings. The second-order valence-corrected chi connectivity index (χ2v) is 8.91. The highest BCUT2D eigenvalue weighted by Crippen LogP contribution is 2.47. The zero-order valence-electron chi connectivity index (χ0n) is 15.6. The molecule has 0 amide bonds. The molecule has 5 heterocycles. The molecule has 1 saturated heterocycles. The number of nitrogens with two attached hydrogens (primary N) is 2. The molecule has 3 aromatic rings. The fraction of sp³-hybridized carbons (Fsp3) is 0.389. The number of aromatic nitrogens is 6. The Balaban J connectivity index is 1.25. The van der Waals surface area contributed by atoms with Crippen molar-refractivity contribution in [3.8, 4) is 0 Å². The molecule has 1 spiro atoms. The number of piperidine rings is 1. The van der Waals surface area contributed by atoms with Crippen LogP contribution in [-0.2, 0) is 6.54 Å². The van der Waals surface area contributed by atoms with Crippen molar-refractivity contribution in [2.75, 3.05) is 23.7 Å². The molecule has 0 bridgehead atoms. The minimum atomic E-state index is -0.0120. The van der Waals surface area contributed by atoms with Gasteiger partial charge in [-0.2, -0.15) is 0 Å². The molecule has 150 valence electrons. The van der Waals surface area contributed by atoms with Gasteiger partial charge in [-0.3, -0.25) is 0 Å². The SMILES string of the molecule is Nc1nccc(Sc2cnc(N3CCC4(CC3)Cn3nncc3[C@H]4N)cn2)c1Cl. The summed E-state index contributed by atoms with van der Waals surface area (Å²) in [5.74, 6) is 1.18. The van der Waals surface area contributed by atoms with Gasteiger partial charge in [0, 0.05) is 29.6 Å². The third-order valence-electron chi connectivity index (χ3n) is 5.88. The minimum absolute atomic E-state index is 0.0120. The molecule has 5 rings (SSSR count). The first kappa shape index (κ1) is 18.6. The van der Waals surface area contributed by atoms with Crippen molar-refractivity contribution in [2.45, 2.75) is 35.3 Å². The summed E-state index contributed by atoms with van der Waals surface area (Å²) in [6, 6.07) is 1.80. The molecule has 1 atom stereocenters. The molecule has 9 nitrogen and oxygen atoms in total. The standard InChI is InChI=1S/C18H20ClN9S/c19-15-12(1-4-22-17(15)21)29-14-9-23-13(8-24-14)27-5-2-18(3-6-27)10-28-11(16(18)20)7-25-26-28/h1,4,7-9,16H,2-3,5-6,10,20H2,(H2,21,22)/t16-/m1/s1. The van der Waals surface area contributed by atoms with E-state index in [-0.39, 0.29) is 11.5 Å². The normalized spacial score (nSPS) is 20.2. The molecule has 4 N–H and O–H groups in total. The summed E-state index contributed by atoms with van der Waals surface area (Å²) in [4.78, 5) is 16.2. The van der Waals surface area contributed by atoms with E-state index in [2.05, 4.69) is 30.2 Å². The Morgan fingerprint density at radius 1 is 1.14 bits per heavy atom. The van der Waals surface area contributed by atoms with Gasteiger partial charge in [-0.15, -0.1) is 5.10 Å². The van der Waals surface area contributed by atoms with Crippen molar-refractivity contribution in [1.82, 2.24) is 29.9 Å². The Morgan fingerprint density at radius 3 is 2.69 bits per heavy atom. The molecule has 2 aliphatic rings. The van der Waals surface area contributed by atoms with E-state index in [1.54, 1.807) is 18.6 Å². The van der Waals surface area contributed by atoms with Crippen LogP contribution in [0.25, 0.3) is 0 Å². The van der Waals surface area contributed by atoms with Crippen molar-refractivity contribution in [3.05, 3.63) is 41.6 Å². The van der Waals surface area contributed by atoms with Gasteiger partial charge in [0.15, 0.2) is 0 Å². The Kier molecular flexibility index (Phi) is 4.56. The van der Waals surface area contributed by atoms with Crippen LogP contribution in [0.1, 0.15) is 24.6 Å². The molecule has 0 radical (unpaired) electrons. The van der Waals surface area contributed by atoms with E-state index in [4.69, 9.17) is 23.1 Å². The van der Waals surface area contributed by atoms with E-state index in [1.165, 1.54) is 11.8 Å². The van der Waals surface area contributed by atoms with Gasteiger partial charge in [-0.25, -0.2) is 19.6 Å². The summed E-state index contributed by atoms with van der Waals surface area (Å²) in [5.41, 5.74) is 13.4. The van der Waals surface area contributed by atoms with E-state index in [0.29, 0.717) is 10.8 Å². The molecule has 0 aromatic carbocycles. The molecule has 29 heavy (non-hydrogen) atoms. The Bertz CT molecular complexity index is 1030. The van der Waals surface area contributed by atoms with Gasteiger partial charge in [0.2, 0.25) is 0 Å². The number of fused-ring (bicyclic) bond motifs is 1. The highest BCUT2D eigenvalue weighted by Gasteiger charge is 2.47. The summed E-state index contributed by atoms with van der Waals surface area (Å²) < 4.78 is 1.95. The molecule has 2 aliphatic heterocycles. The highest BCUT2D eigenvalue weighted by atomic mass is 35.5. The van der Waals surface area contributed by atoms with Crippen molar-refractivity contribution in [1.29, 1.82) is 0 Å². The largest absolute Gasteiger partial charge is 0.382 e. The zero-order valence-corrected chi connectivity index (χ0v) is 17.1. The second-order valence-electron chi connectivity index (χ2n) is 7.47. The maximum atomic E-state index is 6.53. The minimum Gasteiger partial charge on any atom is -0.382 e. The Hall–Kier alpha value is -2.43. The van der Waals surface area contributed by atoms with Crippen molar-refractivity contribution >= 4 is 35.0 Å². The molecule has 0 saturated carbocycles. The van der Waals surface area contributed by atoms with Crippen LogP contribution in [0, 0.1) is 5.41 Å². The van der Waals surface area contributed by atoms with Crippen LogP contribution < -0.4 is 16.4 Å². The topological polar surface area (TPSA) is 125 Å². The average Bonchev–Trinajstić information content (AvgIpc) is 3.28. The molecule has 3 aromatic heterocycles.